The molecule has 0 saturated carbocycles. The molecule has 0 spiro atoms. The van der Waals surface area contributed by atoms with E-state index < -0.39 is 27.3 Å². The zero-order chi connectivity index (χ0) is 15.6. The van der Waals surface area contributed by atoms with Crippen LogP contribution >= 0.6 is 15.9 Å². The molecular formula is C13H17BrFNO4S. The fraction of sp³-hybridized carbons (Fsp3) is 0.538. The fourth-order valence-electron chi connectivity index (χ4n) is 2.32. The van der Waals surface area contributed by atoms with Crippen LogP contribution in [0.4, 0.5) is 4.39 Å². The Kier molecular flexibility index (Phi) is 5.37. The van der Waals surface area contributed by atoms with Gasteiger partial charge in [0, 0.05) is 22.6 Å². The third-order valence-corrected chi connectivity index (χ3v) is 5.89. The number of hydrogen-bond donors (Lipinski definition) is 1. The van der Waals surface area contributed by atoms with E-state index in [0.29, 0.717) is 17.5 Å². The highest BCUT2D eigenvalue weighted by atomic mass is 79.9. The highest BCUT2D eigenvalue weighted by Gasteiger charge is 2.35. The van der Waals surface area contributed by atoms with Crippen LogP contribution in [0.1, 0.15) is 18.9 Å². The van der Waals surface area contributed by atoms with Gasteiger partial charge < -0.3 is 9.84 Å². The summed E-state index contributed by atoms with van der Waals surface area (Å²) in [5.74, 6) is -0.901. The van der Waals surface area contributed by atoms with E-state index in [4.69, 9.17) is 9.84 Å². The van der Waals surface area contributed by atoms with Crippen LogP contribution in [-0.4, -0.2) is 43.6 Å². The van der Waals surface area contributed by atoms with E-state index in [1.165, 1.54) is 16.4 Å². The van der Waals surface area contributed by atoms with Gasteiger partial charge in [0.25, 0.3) is 0 Å². The lowest BCUT2D eigenvalue weighted by Crippen LogP contribution is -2.48. The Labute approximate surface area is 131 Å². The Morgan fingerprint density at radius 2 is 2.24 bits per heavy atom. The summed E-state index contributed by atoms with van der Waals surface area (Å²) >= 11 is 3.15. The van der Waals surface area contributed by atoms with E-state index in [0.717, 1.165) is 0 Å². The molecule has 118 valence electrons. The first-order chi connectivity index (χ1) is 9.91. The van der Waals surface area contributed by atoms with Gasteiger partial charge >= 0.3 is 0 Å². The number of hydrogen-bond acceptors (Lipinski definition) is 4. The van der Waals surface area contributed by atoms with Gasteiger partial charge in [-0.25, -0.2) is 12.8 Å². The van der Waals surface area contributed by atoms with Gasteiger partial charge in [-0.2, -0.15) is 4.31 Å². The fourth-order valence-corrected chi connectivity index (χ4v) is 4.79. The summed E-state index contributed by atoms with van der Waals surface area (Å²) in [6, 6.07) is 2.29. The van der Waals surface area contributed by atoms with Crippen LogP contribution in [-0.2, 0) is 21.4 Å². The summed E-state index contributed by atoms with van der Waals surface area (Å²) in [7, 11) is -3.97. The number of aliphatic hydroxyl groups is 1. The zero-order valence-corrected chi connectivity index (χ0v) is 14.0. The minimum Gasteiger partial charge on any atom is -0.392 e. The van der Waals surface area contributed by atoms with Gasteiger partial charge in [0.15, 0.2) is 0 Å². The Hall–Kier alpha value is -0.540. The Balaban J connectivity index is 2.50. The van der Waals surface area contributed by atoms with Crippen molar-refractivity contribution in [2.45, 2.75) is 30.9 Å². The van der Waals surface area contributed by atoms with Crippen molar-refractivity contribution in [3.63, 3.8) is 0 Å². The molecule has 1 aliphatic rings. The highest BCUT2D eigenvalue weighted by molar-refractivity contribution is 9.10. The van der Waals surface area contributed by atoms with Gasteiger partial charge in [0.2, 0.25) is 10.0 Å². The van der Waals surface area contributed by atoms with E-state index in [1.807, 2.05) is 6.92 Å². The van der Waals surface area contributed by atoms with Crippen molar-refractivity contribution < 1.29 is 22.7 Å². The molecule has 2 rings (SSSR count). The second kappa shape index (κ2) is 6.70. The number of ether oxygens (including phenoxy) is 1. The normalized spacial score (nSPS) is 20.7. The molecule has 1 aromatic rings. The number of rotatable bonds is 4. The van der Waals surface area contributed by atoms with E-state index in [1.54, 1.807) is 0 Å². The molecule has 0 amide bonds. The summed E-state index contributed by atoms with van der Waals surface area (Å²) < 4.78 is 46.7. The van der Waals surface area contributed by atoms with Gasteiger partial charge in [0.05, 0.1) is 19.8 Å². The SMILES string of the molecule is CCC1COCCN1S(=O)(=O)c1cc(Br)cc(CO)c1F. The lowest BCUT2D eigenvalue weighted by Gasteiger charge is -2.34. The molecule has 0 bridgehead atoms. The molecule has 5 nitrogen and oxygen atoms in total. The summed E-state index contributed by atoms with van der Waals surface area (Å²) in [6.45, 7) is 2.09. The van der Waals surface area contributed by atoms with Gasteiger partial charge in [-0.15, -0.1) is 0 Å². The van der Waals surface area contributed by atoms with Crippen LogP contribution in [0.15, 0.2) is 21.5 Å². The Bertz CT molecular complexity index is 623. The van der Waals surface area contributed by atoms with Crippen molar-refractivity contribution in [2.75, 3.05) is 19.8 Å². The lowest BCUT2D eigenvalue weighted by atomic mass is 10.2. The molecule has 1 N–H and O–H groups in total. The van der Waals surface area contributed by atoms with Crippen LogP contribution in [0.3, 0.4) is 0 Å². The van der Waals surface area contributed by atoms with E-state index in [9.17, 15) is 12.8 Å². The average Bonchev–Trinajstić information content (AvgIpc) is 2.48. The van der Waals surface area contributed by atoms with Gasteiger partial charge in [-0.05, 0) is 18.6 Å². The minimum atomic E-state index is -3.97. The molecule has 1 saturated heterocycles. The van der Waals surface area contributed by atoms with Crippen molar-refractivity contribution in [3.8, 4) is 0 Å². The largest absolute Gasteiger partial charge is 0.392 e. The molecule has 1 heterocycles. The van der Waals surface area contributed by atoms with Crippen molar-refractivity contribution in [1.29, 1.82) is 0 Å². The maximum Gasteiger partial charge on any atom is 0.246 e. The van der Waals surface area contributed by atoms with Crippen LogP contribution in [0.25, 0.3) is 0 Å². The molecule has 0 aromatic heterocycles. The molecule has 1 fully saturated rings. The maximum atomic E-state index is 14.3. The number of benzene rings is 1. The molecular weight excluding hydrogens is 365 g/mol. The summed E-state index contributed by atoms with van der Waals surface area (Å²) in [5, 5.41) is 9.15. The topological polar surface area (TPSA) is 66.8 Å². The number of halogens is 2. The zero-order valence-electron chi connectivity index (χ0n) is 11.6. The second-order valence-corrected chi connectivity index (χ2v) is 7.56. The monoisotopic (exact) mass is 381 g/mol. The van der Waals surface area contributed by atoms with Gasteiger partial charge in [-0.1, -0.05) is 22.9 Å². The van der Waals surface area contributed by atoms with Crippen molar-refractivity contribution in [2.24, 2.45) is 0 Å². The molecule has 0 radical (unpaired) electrons. The number of sulfonamides is 1. The van der Waals surface area contributed by atoms with Crippen LogP contribution in [0.2, 0.25) is 0 Å². The van der Waals surface area contributed by atoms with Crippen LogP contribution < -0.4 is 0 Å². The predicted octanol–water partition coefficient (Wildman–Crippen LogP) is 1.88. The highest BCUT2D eigenvalue weighted by Crippen LogP contribution is 2.29. The van der Waals surface area contributed by atoms with Crippen LogP contribution in [0, 0.1) is 5.82 Å². The first-order valence-corrected chi connectivity index (χ1v) is 8.83. The third kappa shape index (κ3) is 3.29. The van der Waals surface area contributed by atoms with Gasteiger partial charge in [-0.3, -0.25) is 0 Å². The molecule has 8 heteroatoms. The van der Waals surface area contributed by atoms with E-state index in [2.05, 4.69) is 15.9 Å². The standard InChI is InChI=1S/C13H17BrFNO4S/c1-2-11-8-20-4-3-16(11)21(18,19)12-6-10(14)5-9(7-17)13(12)15/h5-6,11,17H,2-4,7-8H2,1H3. The first-order valence-electron chi connectivity index (χ1n) is 6.60. The molecule has 1 unspecified atom stereocenters. The second-order valence-electron chi connectivity index (χ2n) is 4.79. The quantitative estimate of drug-likeness (QED) is 0.864. The van der Waals surface area contributed by atoms with Crippen molar-refractivity contribution >= 4 is 26.0 Å². The summed E-state index contributed by atoms with van der Waals surface area (Å²) in [5.41, 5.74) is -0.0516. The predicted molar refractivity (Wildman–Crippen MR) is 78.8 cm³/mol. The summed E-state index contributed by atoms with van der Waals surface area (Å²) in [6.07, 6.45) is 0.585. The van der Waals surface area contributed by atoms with Gasteiger partial charge in [0.1, 0.15) is 10.7 Å². The number of aliphatic hydroxyl groups excluding tert-OH is 1. The number of morpholine rings is 1. The number of nitrogens with zero attached hydrogens (tertiary/aromatic N) is 1. The molecule has 1 aromatic carbocycles. The lowest BCUT2D eigenvalue weighted by molar-refractivity contribution is 0.0313. The third-order valence-electron chi connectivity index (χ3n) is 3.48. The maximum absolute atomic E-state index is 14.3. The van der Waals surface area contributed by atoms with Crippen molar-refractivity contribution in [3.05, 3.63) is 28.0 Å². The van der Waals surface area contributed by atoms with Crippen LogP contribution in [0.5, 0.6) is 0 Å². The summed E-state index contributed by atoms with van der Waals surface area (Å²) in [4.78, 5) is -0.415. The average molecular weight is 382 g/mol. The Morgan fingerprint density at radius 3 is 2.86 bits per heavy atom. The minimum absolute atomic E-state index is 0.0516. The van der Waals surface area contributed by atoms with E-state index >= 15 is 0 Å². The first kappa shape index (κ1) is 16.8. The smallest absolute Gasteiger partial charge is 0.246 e. The molecule has 0 aliphatic carbocycles. The van der Waals surface area contributed by atoms with E-state index in [-0.39, 0.29) is 24.8 Å². The molecule has 1 aliphatic heterocycles. The van der Waals surface area contributed by atoms with Crippen molar-refractivity contribution in [1.82, 2.24) is 4.31 Å². The molecule has 21 heavy (non-hydrogen) atoms. The Morgan fingerprint density at radius 1 is 1.52 bits per heavy atom. The molecule has 1 atom stereocenters.